The molecule has 0 radical (unpaired) electrons. The molecule has 25 heavy (non-hydrogen) atoms. The van der Waals surface area contributed by atoms with Gasteiger partial charge in [-0.25, -0.2) is 9.78 Å². The van der Waals surface area contributed by atoms with Crippen LogP contribution in [-0.2, 0) is 0 Å². The molecule has 1 aromatic heterocycles. The minimum Gasteiger partial charge on any atom is -0.402 e. The molecule has 3 rings (SSSR count). The Morgan fingerprint density at radius 2 is 1.80 bits per heavy atom. The molecule has 0 saturated carbocycles. The van der Waals surface area contributed by atoms with Gasteiger partial charge in [0.1, 0.15) is 5.03 Å². The quantitative estimate of drug-likeness (QED) is 0.662. The van der Waals surface area contributed by atoms with Gasteiger partial charge in [0, 0.05) is 18.8 Å². The van der Waals surface area contributed by atoms with Crippen LogP contribution in [0, 0.1) is 0 Å². The third-order valence-corrected chi connectivity index (χ3v) is 4.33. The lowest BCUT2D eigenvalue weighted by atomic mass is 10.1. The minimum absolute atomic E-state index is 0.123. The highest BCUT2D eigenvalue weighted by Gasteiger charge is 2.09. The highest BCUT2D eigenvalue weighted by atomic mass is 35.5. The van der Waals surface area contributed by atoms with Crippen molar-refractivity contribution in [2.24, 2.45) is 0 Å². The maximum atomic E-state index is 12.0. The van der Waals surface area contributed by atoms with Crippen LogP contribution in [0.1, 0.15) is 25.3 Å². The number of para-hydroxylation sites is 1. The Morgan fingerprint density at radius 3 is 2.48 bits per heavy atom. The molecule has 128 valence electrons. The van der Waals surface area contributed by atoms with Crippen LogP contribution in [-0.4, -0.2) is 18.1 Å². The van der Waals surface area contributed by atoms with Gasteiger partial charge in [0.05, 0.1) is 10.9 Å². The monoisotopic (exact) mass is 354 g/mol. The van der Waals surface area contributed by atoms with Gasteiger partial charge < -0.3 is 9.32 Å². The molecule has 0 unspecified atom stereocenters. The molecular weight excluding hydrogens is 336 g/mol. The van der Waals surface area contributed by atoms with Crippen LogP contribution in [0.2, 0.25) is 0 Å². The fourth-order valence-corrected chi connectivity index (χ4v) is 2.91. The van der Waals surface area contributed by atoms with Gasteiger partial charge in [-0.1, -0.05) is 35.9 Å². The molecular formula is C20H19ClN2O2. The van der Waals surface area contributed by atoms with Crippen molar-refractivity contribution in [1.29, 1.82) is 0 Å². The van der Waals surface area contributed by atoms with E-state index in [1.807, 2.05) is 30.3 Å². The Labute approximate surface area is 151 Å². The van der Waals surface area contributed by atoms with Crippen LogP contribution in [0.3, 0.4) is 0 Å². The number of anilines is 1. The average molecular weight is 355 g/mol. The van der Waals surface area contributed by atoms with Crippen molar-refractivity contribution in [1.82, 2.24) is 4.98 Å². The smallest absolute Gasteiger partial charge is 0.347 e. The van der Waals surface area contributed by atoms with E-state index in [0.29, 0.717) is 15.9 Å². The predicted molar refractivity (Wildman–Crippen MR) is 104 cm³/mol. The van der Waals surface area contributed by atoms with Crippen molar-refractivity contribution in [3.63, 3.8) is 0 Å². The molecule has 0 saturated heterocycles. The number of fused-ring (bicyclic) bond motifs is 1. The van der Waals surface area contributed by atoms with E-state index < -0.39 is 5.63 Å². The van der Waals surface area contributed by atoms with Gasteiger partial charge in [0.2, 0.25) is 5.89 Å². The fraction of sp³-hybridized carbons (Fsp3) is 0.200. The van der Waals surface area contributed by atoms with E-state index in [2.05, 4.69) is 23.7 Å². The van der Waals surface area contributed by atoms with Gasteiger partial charge in [-0.05, 0) is 49.8 Å². The van der Waals surface area contributed by atoms with Crippen molar-refractivity contribution in [2.45, 2.75) is 13.8 Å². The number of rotatable bonds is 5. The Balaban J connectivity index is 1.92. The second-order valence-electron chi connectivity index (χ2n) is 5.58. The van der Waals surface area contributed by atoms with Gasteiger partial charge in [0.15, 0.2) is 0 Å². The molecule has 3 aromatic rings. The summed E-state index contributed by atoms with van der Waals surface area (Å²) in [6.07, 6.45) is 1.74. The normalized spacial score (nSPS) is 11.7. The van der Waals surface area contributed by atoms with Crippen LogP contribution in [0.25, 0.3) is 22.0 Å². The minimum atomic E-state index is -0.441. The van der Waals surface area contributed by atoms with Crippen molar-refractivity contribution >= 4 is 39.3 Å². The van der Waals surface area contributed by atoms with Crippen LogP contribution in [0.5, 0.6) is 0 Å². The van der Waals surface area contributed by atoms with Crippen LogP contribution in [0.4, 0.5) is 5.69 Å². The summed E-state index contributed by atoms with van der Waals surface area (Å²) in [5.41, 5.74) is 2.20. The lowest BCUT2D eigenvalue weighted by Gasteiger charge is -2.20. The number of halogens is 1. The molecule has 0 bridgehead atoms. The van der Waals surface area contributed by atoms with Gasteiger partial charge in [-0.15, -0.1) is 0 Å². The molecule has 4 nitrogen and oxygen atoms in total. The fourth-order valence-electron chi connectivity index (χ4n) is 2.70. The average Bonchev–Trinajstić information content (AvgIpc) is 2.64. The lowest BCUT2D eigenvalue weighted by Crippen LogP contribution is -2.21. The van der Waals surface area contributed by atoms with E-state index in [1.165, 1.54) is 0 Å². The van der Waals surface area contributed by atoms with Gasteiger partial charge in [0.25, 0.3) is 0 Å². The van der Waals surface area contributed by atoms with Crippen molar-refractivity contribution in [3.05, 3.63) is 70.4 Å². The lowest BCUT2D eigenvalue weighted by molar-refractivity contribution is 0.489. The van der Waals surface area contributed by atoms with E-state index in [-0.39, 0.29) is 5.89 Å². The van der Waals surface area contributed by atoms with Crippen LogP contribution < -0.4 is 10.5 Å². The van der Waals surface area contributed by atoms with Crippen molar-refractivity contribution in [2.75, 3.05) is 18.0 Å². The maximum Gasteiger partial charge on any atom is 0.347 e. The first kappa shape index (κ1) is 17.2. The number of aromatic nitrogens is 1. The zero-order chi connectivity index (χ0) is 17.8. The Kier molecular flexibility index (Phi) is 5.19. The maximum absolute atomic E-state index is 12.0. The molecule has 0 fully saturated rings. The highest BCUT2D eigenvalue weighted by molar-refractivity contribution is 6.50. The number of hydrogen-bond donors (Lipinski definition) is 0. The number of hydrogen-bond acceptors (Lipinski definition) is 4. The highest BCUT2D eigenvalue weighted by Crippen LogP contribution is 2.23. The van der Waals surface area contributed by atoms with E-state index in [4.69, 9.17) is 16.0 Å². The molecule has 0 N–H and O–H groups in total. The second kappa shape index (κ2) is 7.53. The Bertz CT molecular complexity index is 957. The van der Waals surface area contributed by atoms with Crippen molar-refractivity contribution in [3.8, 4) is 0 Å². The topological polar surface area (TPSA) is 46.3 Å². The van der Waals surface area contributed by atoms with Crippen LogP contribution in [0.15, 0.2) is 57.7 Å². The molecule has 1 heterocycles. The zero-order valence-electron chi connectivity index (χ0n) is 14.2. The second-order valence-corrected chi connectivity index (χ2v) is 5.99. The van der Waals surface area contributed by atoms with Gasteiger partial charge in [-0.3, -0.25) is 0 Å². The summed E-state index contributed by atoms with van der Waals surface area (Å²) in [5, 5.41) is 0.734. The largest absolute Gasteiger partial charge is 0.402 e. The third-order valence-electron chi connectivity index (χ3n) is 4.05. The molecule has 2 aromatic carbocycles. The van der Waals surface area contributed by atoms with E-state index in [0.717, 1.165) is 24.3 Å². The first-order valence-corrected chi connectivity index (χ1v) is 8.62. The van der Waals surface area contributed by atoms with Gasteiger partial charge in [-0.2, -0.15) is 0 Å². The molecule has 0 aliphatic carbocycles. The standard InChI is InChI=1S/C20H19ClN2O2/c1-3-23(4-2)15-11-9-14(10-12-15)13-17(21)19-22-18-8-6-5-7-16(18)20(24)25-19/h5-13H,3-4H2,1-2H3/b17-13-. The zero-order valence-corrected chi connectivity index (χ0v) is 15.0. The summed E-state index contributed by atoms with van der Waals surface area (Å²) >= 11 is 6.33. The van der Waals surface area contributed by atoms with Gasteiger partial charge >= 0.3 is 5.63 Å². The predicted octanol–water partition coefficient (Wildman–Crippen LogP) is 4.77. The molecule has 0 atom stereocenters. The SMILES string of the molecule is CCN(CC)c1ccc(/C=C(\Cl)c2nc3ccccc3c(=O)o2)cc1. The number of nitrogens with zero attached hydrogens (tertiary/aromatic N) is 2. The van der Waals surface area contributed by atoms with E-state index in [1.54, 1.807) is 24.3 Å². The third kappa shape index (κ3) is 3.74. The summed E-state index contributed by atoms with van der Waals surface area (Å²) in [7, 11) is 0. The summed E-state index contributed by atoms with van der Waals surface area (Å²) in [6.45, 7) is 6.17. The molecule has 5 heteroatoms. The molecule has 0 aliphatic heterocycles. The molecule has 0 amide bonds. The summed E-state index contributed by atoms with van der Waals surface area (Å²) in [6, 6.07) is 15.1. The first-order chi connectivity index (χ1) is 12.1. The molecule has 0 aliphatic rings. The summed E-state index contributed by atoms with van der Waals surface area (Å²) in [4.78, 5) is 18.6. The van der Waals surface area contributed by atoms with E-state index >= 15 is 0 Å². The van der Waals surface area contributed by atoms with E-state index in [9.17, 15) is 4.79 Å². The Hall–Kier alpha value is -2.59. The van der Waals surface area contributed by atoms with Crippen molar-refractivity contribution < 1.29 is 4.42 Å². The number of benzene rings is 2. The Morgan fingerprint density at radius 1 is 1.12 bits per heavy atom. The first-order valence-electron chi connectivity index (χ1n) is 8.24. The summed E-state index contributed by atoms with van der Waals surface area (Å²) < 4.78 is 5.25. The van der Waals surface area contributed by atoms with Crippen LogP contribution >= 0.6 is 11.6 Å². The molecule has 0 spiro atoms. The summed E-state index contributed by atoms with van der Waals surface area (Å²) in [5.74, 6) is 0.123.